The van der Waals surface area contributed by atoms with Crippen LogP contribution in [0.2, 0.25) is 0 Å². The first kappa shape index (κ1) is 16.0. The zero-order valence-electron chi connectivity index (χ0n) is 14.3. The van der Waals surface area contributed by atoms with E-state index in [-0.39, 0.29) is 5.78 Å². The van der Waals surface area contributed by atoms with Gasteiger partial charge in [0.2, 0.25) is 0 Å². The molecule has 0 spiro atoms. The maximum atomic E-state index is 11.6. The number of hydrogen-bond donors (Lipinski definition) is 0. The molecular weight excluding hydrogens is 322 g/mol. The number of hydrogen-bond acceptors (Lipinski definition) is 3. The first-order valence-electron chi connectivity index (χ1n) is 8.41. The highest BCUT2D eigenvalue weighted by Crippen LogP contribution is 2.28. The second kappa shape index (κ2) is 6.76. The molecule has 0 amide bonds. The van der Waals surface area contributed by atoms with Gasteiger partial charge in [-0.2, -0.15) is 0 Å². The summed E-state index contributed by atoms with van der Waals surface area (Å²) in [5.41, 5.74) is 3.57. The zero-order chi connectivity index (χ0) is 17.9. The molecule has 26 heavy (non-hydrogen) atoms. The van der Waals surface area contributed by atoms with Gasteiger partial charge in [-0.05, 0) is 31.2 Å². The predicted molar refractivity (Wildman–Crippen MR) is 102 cm³/mol. The molecule has 4 aromatic rings. The molecule has 0 saturated heterocycles. The Morgan fingerprint density at radius 2 is 1.15 bits per heavy atom. The largest absolute Gasteiger partial charge is 0.295 e. The Hall–Kier alpha value is -3.53. The van der Waals surface area contributed by atoms with Gasteiger partial charge in [-0.1, -0.05) is 60.7 Å². The lowest BCUT2D eigenvalue weighted by atomic mass is 10.1. The Morgan fingerprint density at radius 3 is 1.58 bits per heavy atom. The molecule has 0 aliphatic carbocycles. The molecule has 0 unspecified atom stereocenters. The summed E-state index contributed by atoms with van der Waals surface area (Å²) in [5.74, 6) is 1.58. The molecule has 1 heterocycles. The molecule has 126 valence electrons. The van der Waals surface area contributed by atoms with Crippen LogP contribution in [0.4, 0.5) is 0 Å². The summed E-state index contributed by atoms with van der Waals surface area (Å²) in [5, 5.41) is 8.89. The van der Waals surface area contributed by atoms with Gasteiger partial charge in [-0.25, -0.2) is 0 Å². The van der Waals surface area contributed by atoms with E-state index in [1.54, 1.807) is 6.92 Å². The lowest BCUT2D eigenvalue weighted by Gasteiger charge is -2.11. The minimum Gasteiger partial charge on any atom is -0.295 e. The van der Waals surface area contributed by atoms with Gasteiger partial charge in [0.05, 0.1) is 0 Å². The molecule has 0 aliphatic rings. The van der Waals surface area contributed by atoms with E-state index in [9.17, 15) is 4.79 Å². The van der Waals surface area contributed by atoms with E-state index in [0.29, 0.717) is 5.56 Å². The van der Waals surface area contributed by atoms with Crippen LogP contribution in [0.3, 0.4) is 0 Å². The predicted octanol–water partition coefficient (Wildman–Crippen LogP) is 4.80. The average Bonchev–Trinajstić information content (AvgIpc) is 3.14. The van der Waals surface area contributed by atoms with E-state index < -0.39 is 0 Å². The number of carbonyl (C=O) groups is 1. The highest BCUT2D eigenvalue weighted by molar-refractivity contribution is 5.94. The van der Waals surface area contributed by atoms with E-state index in [2.05, 4.69) is 10.2 Å². The van der Waals surface area contributed by atoms with Gasteiger partial charge in [-0.15, -0.1) is 10.2 Å². The van der Waals surface area contributed by atoms with Crippen LogP contribution in [0.1, 0.15) is 17.3 Å². The first-order chi connectivity index (χ1) is 12.7. The molecule has 0 aliphatic heterocycles. The molecule has 0 fully saturated rings. The van der Waals surface area contributed by atoms with Crippen LogP contribution in [0.15, 0.2) is 84.9 Å². The van der Waals surface area contributed by atoms with Crippen molar-refractivity contribution in [1.82, 2.24) is 14.8 Å². The van der Waals surface area contributed by atoms with Gasteiger partial charge in [-0.3, -0.25) is 9.36 Å². The molecular formula is C22H17N3O. The summed E-state index contributed by atoms with van der Waals surface area (Å²) in [4.78, 5) is 11.6. The van der Waals surface area contributed by atoms with Crippen LogP contribution in [-0.2, 0) is 0 Å². The fraction of sp³-hybridized carbons (Fsp3) is 0.0455. The van der Waals surface area contributed by atoms with Crippen LogP contribution < -0.4 is 0 Å². The maximum Gasteiger partial charge on any atom is 0.168 e. The minimum absolute atomic E-state index is 0.0480. The molecule has 0 radical (unpaired) electrons. The number of carbonyl (C=O) groups excluding carboxylic acids is 1. The number of nitrogens with zero attached hydrogens (tertiary/aromatic N) is 3. The van der Waals surface area contributed by atoms with Crippen LogP contribution in [0, 0.1) is 0 Å². The molecule has 0 bridgehead atoms. The van der Waals surface area contributed by atoms with Crippen molar-refractivity contribution in [1.29, 1.82) is 0 Å². The van der Waals surface area contributed by atoms with E-state index in [1.165, 1.54) is 0 Å². The van der Waals surface area contributed by atoms with Crippen LogP contribution in [-0.4, -0.2) is 20.5 Å². The van der Waals surface area contributed by atoms with Crippen LogP contribution in [0.5, 0.6) is 0 Å². The van der Waals surface area contributed by atoms with Gasteiger partial charge in [0.25, 0.3) is 0 Å². The van der Waals surface area contributed by atoms with Gasteiger partial charge in [0.15, 0.2) is 17.4 Å². The third-order valence-electron chi connectivity index (χ3n) is 4.26. The van der Waals surface area contributed by atoms with Crippen LogP contribution >= 0.6 is 0 Å². The summed E-state index contributed by atoms with van der Waals surface area (Å²) < 4.78 is 2.02. The number of ketones is 1. The minimum atomic E-state index is 0.0480. The van der Waals surface area contributed by atoms with Gasteiger partial charge >= 0.3 is 0 Å². The molecule has 4 heteroatoms. The Bertz CT molecular complexity index is 979. The van der Waals surface area contributed by atoms with Gasteiger partial charge < -0.3 is 0 Å². The molecule has 0 saturated carbocycles. The maximum absolute atomic E-state index is 11.6. The Kier molecular flexibility index (Phi) is 4.15. The highest BCUT2D eigenvalue weighted by atomic mass is 16.1. The highest BCUT2D eigenvalue weighted by Gasteiger charge is 2.17. The van der Waals surface area contributed by atoms with Crippen LogP contribution in [0.25, 0.3) is 28.5 Å². The zero-order valence-corrected chi connectivity index (χ0v) is 14.3. The molecule has 4 nitrogen and oxygen atoms in total. The van der Waals surface area contributed by atoms with E-state index in [1.807, 2.05) is 89.5 Å². The van der Waals surface area contributed by atoms with Crippen molar-refractivity contribution in [3.8, 4) is 28.5 Å². The number of Topliss-reactive ketones (excluding diaryl/α,β-unsaturated/α-hetero) is 1. The topological polar surface area (TPSA) is 47.8 Å². The van der Waals surface area contributed by atoms with Crippen molar-refractivity contribution in [2.75, 3.05) is 0 Å². The number of aromatic nitrogens is 3. The molecule has 3 aromatic carbocycles. The van der Waals surface area contributed by atoms with Crippen molar-refractivity contribution < 1.29 is 4.79 Å². The lowest BCUT2D eigenvalue weighted by molar-refractivity contribution is 0.101. The van der Waals surface area contributed by atoms with E-state index >= 15 is 0 Å². The third-order valence-corrected chi connectivity index (χ3v) is 4.26. The first-order valence-corrected chi connectivity index (χ1v) is 8.41. The van der Waals surface area contributed by atoms with E-state index in [4.69, 9.17) is 0 Å². The Morgan fingerprint density at radius 1 is 0.692 bits per heavy atom. The summed E-state index contributed by atoms with van der Waals surface area (Å²) in [6, 6.07) is 27.5. The fourth-order valence-electron chi connectivity index (χ4n) is 2.92. The van der Waals surface area contributed by atoms with Gasteiger partial charge in [0, 0.05) is 22.4 Å². The summed E-state index contributed by atoms with van der Waals surface area (Å²) in [7, 11) is 0. The summed E-state index contributed by atoms with van der Waals surface area (Å²) in [6.07, 6.45) is 0. The normalized spacial score (nSPS) is 10.7. The second-order valence-electron chi connectivity index (χ2n) is 6.02. The second-order valence-corrected chi connectivity index (χ2v) is 6.02. The third kappa shape index (κ3) is 2.93. The standard InChI is InChI=1S/C22H17N3O/c1-16(26)17-12-14-20(15-13-17)25-21(18-8-4-2-5-9-18)23-24-22(25)19-10-6-3-7-11-19/h2-15H,1H3. The Labute approximate surface area is 151 Å². The van der Waals surface area contributed by atoms with Crippen molar-refractivity contribution in [3.63, 3.8) is 0 Å². The Balaban J connectivity index is 1.92. The number of rotatable bonds is 4. The average molecular weight is 339 g/mol. The summed E-state index contributed by atoms with van der Waals surface area (Å²) >= 11 is 0. The fourth-order valence-corrected chi connectivity index (χ4v) is 2.92. The van der Waals surface area contributed by atoms with Gasteiger partial charge in [0.1, 0.15) is 0 Å². The molecule has 1 aromatic heterocycles. The quantitative estimate of drug-likeness (QED) is 0.502. The number of benzene rings is 3. The smallest absolute Gasteiger partial charge is 0.168 e. The molecule has 4 rings (SSSR count). The van der Waals surface area contributed by atoms with Crippen molar-refractivity contribution in [2.45, 2.75) is 6.92 Å². The van der Waals surface area contributed by atoms with Crippen molar-refractivity contribution in [3.05, 3.63) is 90.5 Å². The summed E-state index contributed by atoms with van der Waals surface area (Å²) in [6.45, 7) is 1.57. The monoisotopic (exact) mass is 339 g/mol. The van der Waals surface area contributed by atoms with E-state index in [0.717, 1.165) is 28.5 Å². The molecule has 0 N–H and O–H groups in total. The van der Waals surface area contributed by atoms with Crippen molar-refractivity contribution >= 4 is 5.78 Å². The lowest BCUT2D eigenvalue weighted by Crippen LogP contribution is -2.01. The molecule has 0 atom stereocenters. The van der Waals surface area contributed by atoms with Crippen molar-refractivity contribution in [2.24, 2.45) is 0 Å². The SMILES string of the molecule is CC(=O)c1ccc(-n2c(-c3ccccc3)nnc2-c2ccccc2)cc1.